The zero-order chi connectivity index (χ0) is 12.5. The molecule has 1 saturated heterocycles. The van der Waals surface area contributed by atoms with Gasteiger partial charge in [0.1, 0.15) is 17.3 Å². The van der Waals surface area contributed by atoms with E-state index in [4.69, 9.17) is 0 Å². The summed E-state index contributed by atoms with van der Waals surface area (Å²) in [5, 5.41) is 5.39. The van der Waals surface area contributed by atoms with Gasteiger partial charge < -0.3 is 10.6 Å². The third-order valence-electron chi connectivity index (χ3n) is 3.12. The molecule has 92 valence electrons. The van der Waals surface area contributed by atoms with Crippen LogP contribution in [0.25, 0.3) is 0 Å². The van der Waals surface area contributed by atoms with E-state index in [1.165, 1.54) is 6.07 Å². The Balaban J connectivity index is 2.18. The Morgan fingerprint density at radius 3 is 2.59 bits per heavy atom. The van der Waals surface area contributed by atoms with E-state index in [1.807, 2.05) is 0 Å². The average molecular weight is 240 g/mol. The fourth-order valence-corrected chi connectivity index (χ4v) is 1.89. The molecule has 2 rings (SSSR count). The van der Waals surface area contributed by atoms with E-state index in [9.17, 15) is 13.6 Å². The van der Waals surface area contributed by atoms with Crippen LogP contribution in [0.4, 0.5) is 14.5 Å². The van der Waals surface area contributed by atoms with Crippen LogP contribution in [0.2, 0.25) is 0 Å². The van der Waals surface area contributed by atoms with Crippen LogP contribution < -0.4 is 10.6 Å². The second-order valence-corrected chi connectivity index (χ2v) is 4.54. The normalized spacial score (nSPS) is 23.7. The molecule has 0 aliphatic carbocycles. The zero-order valence-electron chi connectivity index (χ0n) is 9.52. The molecule has 1 unspecified atom stereocenters. The van der Waals surface area contributed by atoms with Crippen LogP contribution in [-0.4, -0.2) is 19.0 Å². The summed E-state index contributed by atoms with van der Waals surface area (Å²) in [7, 11) is 0. The van der Waals surface area contributed by atoms with Crippen LogP contribution >= 0.6 is 0 Å². The van der Waals surface area contributed by atoms with E-state index in [0.29, 0.717) is 13.0 Å². The summed E-state index contributed by atoms with van der Waals surface area (Å²) in [6.45, 7) is 3.04. The molecule has 0 spiro atoms. The summed E-state index contributed by atoms with van der Waals surface area (Å²) >= 11 is 0. The van der Waals surface area contributed by atoms with Crippen molar-refractivity contribution in [2.24, 2.45) is 5.41 Å². The molecular weight excluding hydrogens is 226 g/mol. The molecule has 1 aliphatic heterocycles. The molecule has 0 saturated carbocycles. The molecule has 1 aliphatic rings. The van der Waals surface area contributed by atoms with Gasteiger partial charge in [-0.2, -0.15) is 0 Å². The molecule has 0 bridgehead atoms. The lowest BCUT2D eigenvalue weighted by Gasteiger charge is -2.21. The van der Waals surface area contributed by atoms with Crippen LogP contribution in [0, 0.1) is 17.0 Å². The summed E-state index contributed by atoms with van der Waals surface area (Å²) in [6, 6.07) is 3.50. The van der Waals surface area contributed by atoms with E-state index in [0.717, 1.165) is 18.7 Å². The van der Waals surface area contributed by atoms with Gasteiger partial charge in [-0.3, -0.25) is 4.79 Å². The number of nitrogens with one attached hydrogen (secondary N) is 2. The molecule has 1 atom stereocenters. The molecule has 0 radical (unpaired) electrons. The topological polar surface area (TPSA) is 41.1 Å². The first-order valence-corrected chi connectivity index (χ1v) is 5.49. The minimum absolute atomic E-state index is 0.355. The number of halogens is 2. The van der Waals surface area contributed by atoms with Gasteiger partial charge in [-0.25, -0.2) is 8.78 Å². The summed E-state index contributed by atoms with van der Waals surface area (Å²) in [5.74, 6) is -1.87. The number of carbonyl (C=O) groups excluding carboxylic acids is 1. The highest BCUT2D eigenvalue weighted by molar-refractivity contribution is 5.95. The Morgan fingerprint density at radius 2 is 2.06 bits per heavy atom. The minimum Gasteiger partial charge on any atom is -0.321 e. The number of benzene rings is 1. The fourth-order valence-electron chi connectivity index (χ4n) is 1.89. The number of rotatable bonds is 2. The van der Waals surface area contributed by atoms with Crippen molar-refractivity contribution in [2.75, 3.05) is 18.4 Å². The van der Waals surface area contributed by atoms with Crippen molar-refractivity contribution in [3.05, 3.63) is 29.8 Å². The second-order valence-electron chi connectivity index (χ2n) is 4.54. The van der Waals surface area contributed by atoms with Gasteiger partial charge >= 0.3 is 0 Å². The molecule has 3 nitrogen and oxygen atoms in total. The van der Waals surface area contributed by atoms with Gasteiger partial charge in [-0.15, -0.1) is 0 Å². The molecule has 1 amide bonds. The maximum absolute atomic E-state index is 13.4. The van der Waals surface area contributed by atoms with Crippen LogP contribution in [0.5, 0.6) is 0 Å². The van der Waals surface area contributed by atoms with Crippen molar-refractivity contribution in [3.8, 4) is 0 Å². The van der Waals surface area contributed by atoms with Crippen molar-refractivity contribution < 1.29 is 13.6 Å². The molecule has 2 N–H and O–H groups in total. The molecule has 17 heavy (non-hydrogen) atoms. The number of para-hydroxylation sites is 1. The number of carbonyl (C=O) groups is 1. The Morgan fingerprint density at radius 1 is 1.41 bits per heavy atom. The van der Waals surface area contributed by atoms with Gasteiger partial charge in [0.25, 0.3) is 0 Å². The highest BCUT2D eigenvalue weighted by atomic mass is 19.1. The fraction of sp³-hybridized carbons (Fsp3) is 0.417. The van der Waals surface area contributed by atoms with Gasteiger partial charge in [0, 0.05) is 6.54 Å². The monoisotopic (exact) mass is 240 g/mol. The van der Waals surface area contributed by atoms with Gasteiger partial charge in [0.15, 0.2) is 0 Å². The van der Waals surface area contributed by atoms with E-state index < -0.39 is 17.0 Å². The molecule has 0 aromatic heterocycles. The summed E-state index contributed by atoms with van der Waals surface area (Å²) in [6.07, 6.45) is 0.662. The number of amides is 1. The van der Waals surface area contributed by atoms with E-state index >= 15 is 0 Å². The van der Waals surface area contributed by atoms with E-state index in [-0.39, 0.29) is 11.6 Å². The van der Waals surface area contributed by atoms with Crippen LogP contribution in [0.15, 0.2) is 18.2 Å². The minimum atomic E-state index is -0.757. The highest BCUT2D eigenvalue weighted by Gasteiger charge is 2.36. The third-order valence-corrected chi connectivity index (χ3v) is 3.12. The lowest BCUT2D eigenvalue weighted by molar-refractivity contribution is -0.123. The molecular formula is C12H14F2N2O. The maximum Gasteiger partial charge on any atom is 0.231 e. The van der Waals surface area contributed by atoms with Gasteiger partial charge in [0.2, 0.25) is 5.91 Å². The maximum atomic E-state index is 13.4. The molecule has 5 heteroatoms. The van der Waals surface area contributed by atoms with Gasteiger partial charge in [-0.1, -0.05) is 6.07 Å². The third kappa shape index (κ3) is 2.29. The molecule has 1 aromatic carbocycles. The summed E-state index contributed by atoms with van der Waals surface area (Å²) < 4.78 is 26.7. The van der Waals surface area contributed by atoms with Crippen LogP contribution in [0.3, 0.4) is 0 Å². The second kappa shape index (κ2) is 4.41. The van der Waals surface area contributed by atoms with Gasteiger partial charge in [-0.05, 0) is 32.0 Å². The number of hydrogen-bond donors (Lipinski definition) is 2. The molecule has 1 heterocycles. The standard InChI is InChI=1S/C12H14F2N2O/c1-12(5-6-15-7-12)11(17)16-10-8(13)3-2-4-9(10)14/h2-4,15H,5-7H2,1H3,(H,16,17). The molecule has 1 fully saturated rings. The summed E-state index contributed by atoms with van der Waals surface area (Å²) in [4.78, 5) is 12.0. The molecule has 1 aromatic rings. The Hall–Kier alpha value is -1.49. The lowest BCUT2D eigenvalue weighted by Crippen LogP contribution is -2.35. The van der Waals surface area contributed by atoms with Crippen LogP contribution in [-0.2, 0) is 4.79 Å². The average Bonchev–Trinajstić information content (AvgIpc) is 2.72. The van der Waals surface area contributed by atoms with Crippen molar-refractivity contribution in [3.63, 3.8) is 0 Å². The Kier molecular flexibility index (Phi) is 3.11. The van der Waals surface area contributed by atoms with E-state index in [2.05, 4.69) is 10.6 Å². The first-order valence-electron chi connectivity index (χ1n) is 5.49. The van der Waals surface area contributed by atoms with E-state index in [1.54, 1.807) is 6.92 Å². The Labute approximate surface area is 98.2 Å². The van der Waals surface area contributed by atoms with Gasteiger partial charge in [0.05, 0.1) is 5.41 Å². The lowest BCUT2D eigenvalue weighted by atomic mass is 9.88. The van der Waals surface area contributed by atoms with Crippen molar-refractivity contribution in [2.45, 2.75) is 13.3 Å². The first kappa shape index (κ1) is 12.0. The smallest absolute Gasteiger partial charge is 0.231 e. The Bertz CT molecular complexity index is 422. The van der Waals surface area contributed by atoms with Crippen LogP contribution in [0.1, 0.15) is 13.3 Å². The summed E-state index contributed by atoms with van der Waals surface area (Å²) in [5.41, 5.74) is -0.972. The first-order chi connectivity index (χ1) is 8.03. The van der Waals surface area contributed by atoms with Crippen molar-refractivity contribution in [1.29, 1.82) is 0 Å². The van der Waals surface area contributed by atoms with Crippen molar-refractivity contribution >= 4 is 11.6 Å². The number of hydrogen-bond acceptors (Lipinski definition) is 2. The largest absolute Gasteiger partial charge is 0.321 e. The predicted molar refractivity (Wildman–Crippen MR) is 60.6 cm³/mol. The van der Waals surface area contributed by atoms with Crippen molar-refractivity contribution in [1.82, 2.24) is 5.32 Å². The zero-order valence-corrected chi connectivity index (χ0v) is 9.52. The predicted octanol–water partition coefficient (Wildman–Crippen LogP) is 1.90. The highest BCUT2D eigenvalue weighted by Crippen LogP contribution is 2.27. The SMILES string of the molecule is CC1(C(=O)Nc2c(F)cccc2F)CCNC1. The quantitative estimate of drug-likeness (QED) is 0.829. The number of anilines is 1.